The number of aromatic nitrogens is 2. The van der Waals surface area contributed by atoms with Crippen molar-refractivity contribution in [2.24, 2.45) is 7.05 Å². The van der Waals surface area contributed by atoms with Crippen LogP contribution in [0.15, 0.2) is 36.7 Å². The molecule has 1 aromatic heterocycles. The van der Waals surface area contributed by atoms with Crippen molar-refractivity contribution in [1.29, 1.82) is 0 Å². The molecule has 0 radical (unpaired) electrons. The van der Waals surface area contributed by atoms with Crippen LogP contribution in [0.2, 0.25) is 0 Å². The van der Waals surface area contributed by atoms with Gasteiger partial charge in [0, 0.05) is 44.4 Å². The molecule has 0 saturated carbocycles. The molecule has 1 saturated heterocycles. The first-order chi connectivity index (χ1) is 12.0. The van der Waals surface area contributed by atoms with E-state index in [-0.39, 0.29) is 17.9 Å². The summed E-state index contributed by atoms with van der Waals surface area (Å²) in [5, 5.41) is 7.01. The largest absolute Gasteiger partial charge is 0.356 e. The molecule has 25 heavy (non-hydrogen) atoms. The molecule has 132 valence electrons. The van der Waals surface area contributed by atoms with E-state index in [0.717, 1.165) is 36.9 Å². The summed E-state index contributed by atoms with van der Waals surface area (Å²) in [6.07, 6.45) is 6.59. The monoisotopic (exact) mass is 340 g/mol. The lowest BCUT2D eigenvalue weighted by molar-refractivity contribution is -0.118. The molecule has 0 bridgehead atoms. The van der Waals surface area contributed by atoms with Crippen LogP contribution in [0.5, 0.6) is 0 Å². The van der Waals surface area contributed by atoms with Crippen LogP contribution in [0.3, 0.4) is 0 Å². The minimum Gasteiger partial charge on any atom is -0.356 e. The van der Waals surface area contributed by atoms with Gasteiger partial charge in [-0.1, -0.05) is 12.1 Å². The molecule has 0 spiro atoms. The summed E-state index contributed by atoms with van der Waals surface area (Å²) in [5.74, 6) is 0.0436. The molecule has 6 heteroatoms. The number of nitrogens with zero attached hydrogens (tertiary/aromatic N) is 3. The standard InChI is InChI=1S/C19H24N4O2/c1-14(24)20-10-9-15-5-7-16(8-6-15)19(25)23-11-3-4-18(23)17-12-21-22(2)13-17/h5-8,12-13,18H,3-4,9-11H2,1-2H3,(H,20,24)/t18-/m0/s1. The van der Waals surface area contributed by atoms with Gasteiger partial charge in [0.15, 0.2) is 0 Å². The molecule has 2 amide bonds. The highest BCUT2D eigenvalue weighted by Gasteiger charge is 2.31. The van der Waals surface area contributed by atoms with Gasteiger partial charge in [-0.3, -0.25) is 14.3 Å². The molecule has 0 unspecified atom stereocenters. The van der Waals surface area contributed by atoms with Crippen molar-refractivity contribution in [1.82, 2.24) is 20.0 Å². The molecule has 1 aliphatic rings. The van der Waals surface area contributed by atoms with Crippen LogP contribution in [0, 0.1) is 0 Å². The minimum absolute atomic E-state index is 0.0257. The fourth-order valence-electron chi connectivity index (χ4n) is 3.33. The lowest BCUT2D eigenvalue weighted by Gasteiger charge is -2.24. The number of amides is 2. The molecule has 1 aliphatic heterocycles. The molecule has 1 fully saturated rings. The number of nitrogens with one attached hydrogen (secondary N) is 1. The highest BCUT2D eigenvalue weighted by molar-refractivity contribution is 5.94. The van der Waals surface area contributed by atoms with Crippen molar-refractivity contribution in [2.75, 3.05) is 13.1 Å². The van der Waals surface area contributed by atoms with Crippen molar-refractivity contribution in [3.63, 3.8) is 0 Å². The molecule has 3 rings (SSSR count). The quantitative estimate of drug-likeness (QED) is 0.906. The Balaban J connectivity index is 1.66. The van der Waals surface area contributed by atoms with Gasteiger partial charge in [0.05, 0.1) is 12.2 Å². The van der Waals surface area contributed by atoms with E-state index in [1.54, 1.807) is 4.68 Å². The van der Waals surface area contributed by atoms with Crippen LogP contribution in [0.4, 0.5) is 0 Å². The number of hydrogen-bond acceptors (Lipinski definition) is 3. The molecule has 1 N–H and O–H groups in total. The summed E-state index contributed by atoms with van der Waals surface area (Å²) in [5.41, 5.74) is 2.91. The van der Waals surface area contributed by atoms with Gasteiger partial charge in [0.2, 0.25) is 5.91 Å². The lowest BCUT2D eigenvalue weighted by atomic mass is 10.1. The van der Waals surface area contributed by atoms with E-state index in [0.29, 0.717) is 12.1 Å². The van der Waals surface area contributed by atoms with Crippen molar-refractivity contribution >= 4 is 11.8 Å². The van der Waals surface area contributed by atoms with Gasteiger partial charge in [-0.25, -0.2) is 0 Å². The number of aryl methyl sites for hydroxylation is 1. The predicted octanol–water partition coefficient (Wildman–Crippen LogP) is 2.08. The lowest BCUT2D eigenvalue weighted by Crippen LogP contribution is -2.30. The van der Waals surface area contributed by atoms with Crippen molar-refractivity contribution in [3.8, 4) is 0 Å². The first kappa shape index (κ1) is 17.2. The average molecular weight is 340 g/mol. The van der Waals surface area contributed by atoms with Gasteiger partial charge in [0.1, 0.15) is 0 Å². The Bertz CT molecular complexity index is 751. The summed E-state index contributed by atoms with van der Waals surface area (Å²) in [4.78, 5) is 25.7. The van der Waals surface area contributed by atoms with Crippen LogP contribution >= 0.6 is 0 Å². The number of rotatable bonds is 5. The minimum atomic E-state index is -0.0257. The molecule has 2 aromatic rings. The summed E-state index contributed by atoms with van der Waals surface area (Å²) >= 11 is 0. The molecule has 6 nitrogen and oxygen atoms in total. The van der Waals surface area contributed by atoms with E-state index in [2.05, 4.69) is 10.4 Å². The predicted molar refractivity (Wildman–Crippen MR) is 95.0 cm³/mol. The van der Waals surface area contributed by atoms with Crippen LogP contribution < -0.4 is 5.32 Å². The maximum atomic E-state index is 12.9. The van der Waals surface area contributed by atoms with Gasteiger partial charge in [-0.2, -0.15) is 5.10 Å². The third-order valence-corrected chi connectivity index (χ3v) is 4.61. The zero-order valence-corrected chi connectivity index (χ0v) is 14.7. The van der Waals surface area contributed by atoms with Gasteiger partial charge < -0.3 is 10.2 Å². The van der Waals surface area contributed by atoms with E-state index in [1.165, 1.54) is 6.92 Å². The molecule has 1 atom stereocenters. The first-order valence-electron chi connectivity index (χ1n) is 8.67. The van der Waals surface area contributed by atoms with Crippen LogP contribution in [0.1, 0.15) is 47.3 Å². The smallest absolute Gasteiger partial charge is 0.254 e. The first-order valence-corrected chi connectivity index (χ1v) is 8.67. The van der Waals surface area contributed by atoms with Crippen LogP contribution in [0.25, 0.3) is 0 Å². The van der Waals surface area contributed by atoms with Gasteiger partial charge >= 0.3 is 0 Å². The van der Waals surface area contributed by atoms with E-state index >= 15 is 0 Å². The average Bonchev–Trinajstić information content (AvgIpc) is 3.23. The van der Waals surface area contributed by atoms with Gasteiger partial charge in [0.25, 0.3) is 5.91 Å². The van der Waals surface area contributed by atoms with Gasteiger partial charge in [-0.15, -0.1) is 0 Å². The fraction of sp³-hybridized carbons (Fsp3) is 0.421. The summed E-state index contributed by atoms with van der Waals surface area (Å²) in [6, 6.07) is 7.79. The van der Waals surface area contributed by atoms with E-state index < -0.39 is 0 Å². The number of carbonyl (C=O) groups excluding carboxylic acids is 2. The Hall–Kier alpha value is -2.63. The number of benzene rings is 1. The second-order valence-electron chi connectivity index (χ2n) is 6.53. The van der Waals surface area contributed by atoms with Crippen molar-refractivity contribution in [2.45, 2.75) is 32.2 Å². The Kier molecular flexibility index (Phi) is 5.16. The second-order valence-corrected chi connectivity index (χ2v) is 6.53. The Morgan fingerprint density at radius 3 is 2.68 bits per heavy atom. The van der Waals surface area contributed by atoms with Crippen LogP contribution in [-0.4, -0.2) is 39.6 Å². The van der Waals surface area contributed by atoms with Crippen molar-refractivity contribution in [3.05, 3.63) is 53.3 Å². The highest BCUT2D eigenvalue weighted by Crippen LogP contribution is 2.32. The maximum Gasteiger partial charge on any atom is 0.254 e. The number of carbonyl (C=O) groups is 2. The van der Waals surface area contributed by atoms with Gasteiger partial charge in [-0.05, 0) is 37.0 Å². The zero-order chi connectivity index (χ0) is 17.8. The van der Waals surface area contributed by atoms with E-state index in [9.17, 15) is 9.59 Å². The third kappa shape index (κ3) is 4.07. The molecule has 1 aromatic carbocycles. The molecule has 2 heterocycles. The molecular weight excluding hydrogens is 316 g/mol. The SMILES string of the molecule is CC(=O)NCCc1ccc(C(=O)N2CCC[C@H]2c2cnn(C)c2)cc1. The Labute approximate surface area is 147 Å². The maximum absolute atomic E-state index is 12.9. The Morgan fingerprint density at radius 2 is 2.04 bits per heavy atom. The number of likely N-dealkylation sites (tertiary alicyclic amines) is 1. The molecular formula is C19H24N4O2. The third-order valence-electron chi connectivity index (χ3n) is 4.61. The van der Waals surface area contributed by atoms with E-state index in [4.69, 9.17) is 0 Å². The summed E-state index contributed by atoms with van der Waals surface area (Å²) < 4.78 is 1.78. The van der Waals surface area contributed by atoms with Crippen molar-refractivity contribution < 1.29 is 9.59 Å². The summed E-state index contributed by atoms with van der Waals surface area (Å²) in [6.45, 7) is 2.90. The van der Waals surface area contributed by atoms with E-state index in [1.807, 2.05) is 48.6 Å². The topological polar surface area (TPSA) is 67.2 Å². The number of hydrogen-bond donors (Lipinski definition) is 1. The Morgan fingerprint density at radius 1 is 1.28 bits per heavy atom. The highest BCUT2D eigenvalue weighted by atomic mass is 16.2. The fourth-order valence-corrected chi connectivity index (χ4v) is 3.33. The van der Waals surface area contributed by atoms with Crippen LogP contribution in [-0.2, 0) is 18.3 Å². The normalized spacial score (nSPS) is 16.9. The summed E-state index contributed by atoms with van der Waals surface area (Å²) in [7, 11) is 1.89. The molecule has 0 aliphatic carbocycles. The zero-order valence-electron chi connectivity index (χ0n) is 14.7. The second kappa shape index (κ2) is 7.51.